The number of benzene rings is 1. The first-order chi connectivity index (χ1) is 12.0. The lowest BCUT2D eigenvalue weighted by atomic mass is 10.0. The van der Waals surface area contributed by atoms with Crippen LogP contribution in [-0.4, -0.2) is 38.3 Å². The Bertz CT molecular complexity index is 916. The highest BCUT2D eigenvalue weighted by molar-refractivity contribution is 5.90. The van der Waals surface area contributed by atoms with Gasteiger partial charge in [-0.2, -0.15) is 0 Å². The van der Waals surface area contributed by atoms with Crippen molar-refractivity contribution in [2.45, 2.75) is 32.4 Å². The van der Waals surface area contributed by atoms with E-state index in [-0.39, 0.29) is 0 Å². The van der Waals surface area contributed by atoms with Crippen molar-refractivity contribution in [1.82, 2.24) is 14.5 Å². The molecule has 6 heteroatoms. The average Bonchev–Trinajstić information content (AvgIpc) is 2.94. The van der Waals surface area contributed by atoms with E-state index in [9.17, 15) is 5.11 Å². The van der Waals surface area contributed by atoms with E-state index in [1.165, 1.54) is 0 Å². The maximum atomic E-state index is 10.7. The lowest BCUT2D eigenvalue weighted by molar-refractivity contribution is 0.0416. The fourth-order valence-electron chi connectivity index (χ4n) is 3.61. The van der Waals surface area contributed by atoms with Crippen LogP contribution in [0.15, 0.2) is 36.4 Å². The van der Waals surface area contributed by atoms with Crippen LogP contribution >= 0.6 is 0 Å². The summed E-state index contributed by atoms with van der Waals surface area (Å²) in [7, 11) is 0. The van der Waals surface area contributed by atoms with Gasteiger partial charge in [0, 0.05) is 12.1 Å². The third kappa shape index (κ3) is 2.72. The quantitative estimate of drug-likeness (QED) is 0.768. The van der Waals surface area contributed by atoms with Crippen LogP contribution in [0.4, 0.5) is 11.8 Å². The van der Waals surface area contributed by atoms with Crippen LogP contribution in [0.5, 0.6) is 0 Å². The van der Waals surface area contributed by atoms with Crippen LogP contribution < -0.4 is 10.6 Å². The molecule has 1 aliphatic heterocycles. The summed E-state index contributed by atoms with van der Waals surface area (Å²) in [5, 5.41) is 10.7. The fourth-order valence-corrected chi connectivity index (χ4v) is 3.61. The van der Waals surface area contributed by atoms with Crippen molar-refractivity contribution in [1.29, 1.82) is 0 Å². The highest BCUT2D eigenvalue weighted by atomic mass is 16.3. The number of nitrogens with zero attached hydrogens (tertiary/aromatic N) is 4. The summed E-state index contributed by atoms with van der Waals surface area (Å²) in [6, 6.07) is 12.0. The first kappa shape index (κ1) is 15.9. The van der Waals surface area contributed by atoms with E-state index in [1.807, 2.05) is 43.3 Å². The van der Waals surface area contributed by atoms with Crippen molar-refractivity contribution in [3.63, 3.8) is 0 Å². The summed E-state index contributed by atoms with van der Waals surface area (Å²) in [4.78, 5) is 11.4. The molecule has 130 valence electrons. The van der Waals surface area contributed by atoms with E-state index in [0.29, 0.717) is 24.4 Å². The molecule has 0 bridgehead atoms. The molecule has 0 amide bonds. The van der Waals surface area contributed by atoms with Crippen molar-refractivity contribution in [3.05, 3.63) is 36.4 Å². The Labute approximate surface area is 146 Å². The van der Waals surface area contributed by atoms with Crippen LogP contribution in [0.3, 0.4) is 0 Å². The number of anilines is 2. The molecule has 1 unspecified atom stereocenters. The molecule has 25 heavy (non-hydrogen) atoms. The Balaban J connectivity index is 1.92. The molecular weight excluding hydrogens is 314 g/mol. The Morgan fingerprint density at radius 3 is 2.68 bits per heavy atom. The van der Waals surface area contributed by atoms with E-state index in [4.69, 9.17) is 10.7 Å². The van der Waals surface area contributed by atoms with Gasteiger partial charge in [-0.3, -0.25) is 0 Å². The average molecular weight is 337 g/mol. The number of rotatable bonds is 3. The van der Waals surface area contributed by atoms with E-state index in [2.05, 4.69) is 21.4 Å². The zero-order valence-corrected chi connectivity index (χ0v) is 14.6. The van der Waals surface area contributed by atoms with Gasteiger partial charge in [-0.25, -0.2) is 9.97 Å². The number of β-amino-alcohol motifs (C(OH)–C–C–N with tert-alkyl or cyclic N) is 1. The number of hydrogen-bond donors (Lipinski definition) is 2. The molecule has 3 N–H and O–H groups in total. The smallest absolute Gasteiger partial charge is 0.206 e. The summed E-state index contributed by atoms with van der Waals surface area (Å²) in [6.07, 6.45) is 0.988. The summed E-state index contributed by atoms with van der Waals surface area (Å²) < 4.78 is 2.07. The number of nitrogen functional groups attached to an aromatic ring is 1. The lowest BCUT2D eigenvalue weighted by Gasteiger charge is -2.38. The monoisotopic (exact) mass is 337 g/mol. The van der Waals surface area contributed by atoms with Crippen molar-refractivity contribution in [2.24, 2.45) is 0 Å². The normalized spacial score (nSPS) is 20.0. The standard InChI is InChI=1S/C19H23N5O/c1-3-9-23-11-19(2,25)12-24-15-10-14(13-7-5-4-6-8-13)21-17(20)16(15)22-18(23)24/h4-8,10,25H,3,9,11-12H2,1-2H3,(H2,20,21). The Kier molecular flexibility index (Phi) is 3.65. The Hall–Kier alpha value is -2.60. The van der Waals surface area contributed by atoms with E-state index in [1.54, 1.807) is 0 Å². The number of imidazole rings is 1. The first-order valence-electron chi connectivity index (χ1n) is 8.68. The molecule has 1 aliphatic rings. The predicted octanol–water partition coefficient (Wildman–Crippen LogP) is 2.66. The van der Waals surface area contributed by atoms with E-state index in [0.717, 1.165) is 35.7 Å². The molecular formula is C19H23N5O. The SMILES string of the molecule is CCCN1CC(C)(O)Cn2c1nc1c(N)nc(-c3ccccc3)cc12. The molecule has 4 rings (SSSR count). The van der Waals surface area contributed by atoms with E-state index >= 15 is 0 Å². The van der Waals surface area contributed by atoms with Gasteiger partial charge in [-0.15, -0.1) is 0 Å². The van der Waals surface area contributed by atoms with Crippen LogP contribution in [0.2, 0.25) is 0 Å². The third-order valence-electron chi connectivity index (χ3n) is 4.62. The topological polar surface area (TPSA) is 80.2 Å². The van der Waals surface area contributed by atoms with Crippen molar-refractivity contribution in [3.8, 4) is 11.3 Å². The second-order valence-corrected chi connectivity index (χ2v) is 7.04. The van der Waals surface area contributed by atoms with Crippen molar-refractivity contribution < 1.29 is 5.11 Å². The second kappa shape index (κ2) is 5.74. The van der Waals surface area contributed by atoms with Crippen LogP contribution in [0, 0.1) is 0 Å². The number of nitrogens with two attached hydrogens (primary N) is 1. The molecule has 1 atom stereocenters. The van der Waals surface area contributed by atoms with Gasteiger partial charge in [0.05, 0.1) is 29.9 Å². The minimum Gasteiger partial charge on any atom is -0.386 e. The minimum absolute atomic E-state index is 0.425. The number of pyridine rings is 1. The maximum Gasteiger partial charge on any atom is 0.206 e. The predicted molar refractivity (Wildman–Crippen MR) is 101 cm³/mol. The molecule has 3 heterocycles. The molecule has 0 saturated heterocycles. The zero-order chi connectivity index (χ0) is 17.6. The van der Waals surface area contributed by atoms with Gasteiger partial charge in [-0.05, 0) is 19.4 Å². The molecule has 0 spiro atoms. The summed E-state index contributed by atoms with van der Waals surface area (Å²) >= 11 is 0. The zero-order valence-electron chi connectivity index (χ0n) is 14.6. The second-order valence-electron chi connectivity index (χ2n) is 7.04. The van der Waals surface area contributed by atoms with Gasteiger partial charge in [0.25, 0.3) is 0 Å². The van der Waals surface area contributed by atoms with Crippen molar-refractivity contribution >= 4 is 22.8 Å². The third-order valence-corrected chi connectivity index (χ3v) is 4.62. The number of hydrogen-bond acceptors (Lipinski definition) is 5. The fraction of sp³-hybridized carbons (Fsp3) is 0.368. The molecule has 6 nitrogen and oxygen atoms in total. The molecule has 2 aromatic heterocycles. The Morgan fingerprint density at radius 1 is 1.20 bits per heavy atom. The highest BCUT2D eigenvalue weighted by Crippen LogP contribution is 2.34. The first-order valence-corrected chi connectivity index (χ1v) is 8.68. The van der Waals surface area contributed by atoms with Gasteiger partial charge in [0.2, 0.25) is 5.95 Å². The number of fused-ring (bicyclic) bond motifs is 3. The van der Waals surface area contributed by atoms with Gasteiger partial charge in [0.1, 0.15) is 5.52 Å². The molecule has 0 aliphatic carbocycles. The molecule has 0 fully saturated rings. The van der Waals surface area contributed by atoms with Gasteiger partial charge >= 0.3 is 0 Å². The number of aliphatic hydroxyl groups is 1. The van der Waals surface area contributed by atoms with Crippen LogP contribution in [-0.2, 0) is 6.54 Å². The summed E-state index contributed by atoms with van der Waals surface area (Å²) in [5.41, 5.74) is 8.88. The van der Waals surface area contributed by atoms with Gasteiger partial charge < -0.3 is 20.3 Å². The van der Waals surface area contributed by atoms with Gasteiger partial charge in [0.15, 0.2) is 5.82 Å². The van der Waals surface area contributed by atoms with Crippen molar-refractivity contribution in [2.75, 3.05) is 23.7 Å². The van der Waals surface area contributed by atoms with E-state index < -0.39 is 5.60 Å². The minimum atomic E-state index is -0.805. The highest BCUT2D eigenvalue weighted by Gasteiger charge is 2.34. The summed E-state index contributed by atoms with van der Waals surface area (Å²) in [6.45, 7) is 5.91. The van der Waals surface area contributed by atoms with Crippen LogP contribution in [0.25, 0.3) is 22.3 Å². The molecule has 1 aromatic carbocycles. The lowest BCUT2D eigenvalue weighted by Crippen LogP contribution is -2.49. The Morgan fingerprint density at radius 2 is 1.96 bits per heavy atom. The molecule has 0 saturated carbocycles. The maximum absolute atomic E-state index is 10.7. The number of aromatic nitrogens is 3. The molecule has 0 radical (unpaired) electrons. The van der Waals surface area contributed by atoms with Crippen LogP contribution in [0.1, 0.15) is 20.3 Å². The largest absolute Gasteiger partial charge is 0.386 e. The summed E-state index contributed by atoms with van der Waals surface area (Å²) in [5.74, 6) is 1.29. The molecule has 3 aromatic rings. The van der Waals surface area contributed by atoms with Gasteiger partial charge in [-0.1, -0.05) is 37.3 Å².